The van der Waals surface area contributed by atoms with Crippen molar-refractivity contribution in [3.63, 3.8) is 0 Å². The van der Waals surface area contributed by atoms with Crippen molar-refractivity contribution in [1.29, 1.82) is 0 Å². The first-order valence-electron chi connectivity index (χ1n) is 5.64. The van der Waals surface area contributed by atoms with E-state index in [-0.39, 0.29) is 5.97 Å². The van der Waals surface area contributed by atoms with Gasteiger partial charge in [0.1, 0.15) is 0 Å². The Morgan fingerprint density at radius 3 is 2.94 bits per heavy atom. The van der Waals surface area contributed by atoms with Crippen molar-refractivity contribution in [1.82, 2.24) is 4.98 Å². The molecular formula is C14H15NO2. The lowest BCUT2D eigenvalue weighted by Gasteiger charge is -1.95. The Kier molecular flexibility index (Phi) is 3.28. The van der Waals surface area contributed by atoms with Crippen molar-refractivity contribution in [3.8, 4) is 0 Å². The minimum Gasteiger partial charge on any atom is -0.463 e. The van der Waals surface area contributed by atoms with Gasteiger partial charge in [-0.05, 0) is 26.0 Å². The number of benzene rings is 1. The van der Waals surface area contributed by atoms with Gasteiger partial charge in [0.2, 0.25) is 0 Å². The van der Waals surface area contributed by atoms with Crippen LogP contribution in [0.5, 0.6) is 0 Å². The third-order valence-electron chi connectivity index (χ3n) is 2.62. The van der Waals surface area contributed by atoms with E-state index >= 15 is 0 Å². The summed E-state index contributed by atoms with van der Waals surface area (Å²) in [7, 11) is 0. The van der Waals surface area contributed by atoms with Gasteiger partial charge in [0.25, 0.3) is 0 Å². The van der Waals surface area contributed by atoms with Crippen molar-refractivity contribution < 1.29 is 9.53 Å². The van der Waals surface area contributed by atoms with E-state index in [1.165, 1.54) is 6.08 Å². The summed E-state index contributed by atoms with van der Waals surface area (Å²) in [5.41, 5.74) is 3.16. The minimum absolute atomic E-state index is 0.308. The molecule has 3 heteroatoms. The van der Waals surface area contributed by atoms with Crippen LogP contribution in [0.3, 0.4) is 0 Å². The number of carbonyl (C=O) groups is 1. The topological polar surface area (TPSA) is 42.1 Å². The lowest BCUT2D eigenvalue weighted by atomic mass is 10.1. The zero-order valence-electron chi connectivity index (χ0n) is 9.99. The zero-order chi connectivity index (χ0) is 12.3. The van der Waals surface area contributed by atoms with E-state index in [4.69, 9.17) is 4.74 Å². The molecule has 1 N–H and O–H groups in total. The van der Waals surface area contributed by atoms with Gasteiger partial charge in [-0.25, -0.2) is 4.79 Å². The van der Waals surface area contributed by atoms with Crippen LogP contribution in [-0.2, 0) is 9.53 Å². The third kappa shape index (κ3) is 2.38. The highest BCUT2D eigenvalue weighted by atomic mass is 16.5. The number of esters is 1. The van der Waals surface area contributed by atoms with E-state index in [1.807, 2.05) is 31.2 Å². The first-order chi connectivity index (χ1) is 8.22. The maximum Gasteiger partial charge on any atom is 0.330 e. The summed E-state index contributed by atoms with van der Waals surface area (Å²) >= 11 is 0. The summed E-state index contributed by atoms with van der Waals surface area (Å²) in [5.74, 6) is -0.308. The second kappa shape index (κ2) is 4.87. The van der Waals surface area contributed by atoms with Gasteiger partial charge in [0.05, 0.1) is 6.61 Å². The van der Waals surface area contributed by atoms with Crippen molar-refractivity contribution in [3.05, 3.63) is 41.6 Å². The van der Waals surface area contributed by atoms with Crippen molar-refractivity contribution >= 4 is 22.9 Å². The maximum atomic E-state index is 11.3. The summed E-state index contributed by atoms with van der Waals surface area (Å²) in [4.78, 5) is 14.5. The van der Waals surface area contributed by atoms with Gasteiger partial charge >= 0.3 is 5.97 Å². The molecule has 0 radical (unpaired) electrons. The van der Waals surface area contributed by atoms with Crippen LogP contribution in [0.2, 0.25) is 0 Å². The number of rotatable bonds is 3. The fourth-order valence-electron chi connectivity index (χ4n) is 1.85. The van der Waals surface area contributed by atoms with Crippen LogP contribution in [0.4, 0.5) is 0 Å². The Hall–Kier alpha value is -2.03. The number of carbonyl (C=O) groups excluding carboxylic acids is 1. The Balaban J connectivity index is 2.35. The van der Waals surface area contributed by atoms with E-state index < -0.39 is 0 Å². The lowest BCUT2D eigenvalue weighted by molar-refractivity contribution is -0.137. The third-order valence-corrected chi connectivity index (χ3v) is 2.62. The van der Waals surface area contributed by atoms with Crippen LogP contribution in [0.15, 0.2) is 30.3 Å². The van der Waals surface area contributed by atoms with Crippen LogP contribution in [0.25, 0.3) is 17.0 Å². The van der Waals surface area contributed by atoms with Gasteiger partial charge in [-0.2, -0.15) is 0 Å². The van der Waals surface area contributed by atoms with Crippen LogP contribution in [0.1, 0.15) is 18.2 Å². The fraction of sp³-hybridized carbons (Fsp3) is 0.214. The second-order valence-corrected chi connectivity index (χ2v) is 3.79. The molecule has 1 aromatic carbocycles. The lowest BCUT2D eigenvalue weighted by Crippen LogP contribution is -1.98. The molecule has 0 aliphatic carbocycles. The summed E-state index contributed by atoms with van der Waals surface area (Å²) < 4.78 is 4.86. The molecule has 88 valence electrons. The Morgan fingerprint density at radius 2 is 2.18 bits per heavy atom. The number of nitrogens with one attached hydrogen (secondary N) is 1. The van der Waals surface area contributed by atoms with E-state index in [9.17, 15) is 4.79 Å². The van der Waals surface area contributed by atoms with Gasteiger partial charge in [0, 0.05) is 28.2 Å². The molecule has 3 nitrogen and oxygen atoms in total. The average molecular weight is 229 g/mol. The Labute approximate surface area is 100 Å². The summed E-state index contributed by atoms with van der Waals surface area (Å²) in [5, 5.41) is 1.12. The molecule has 2 rings (SSSR count). The van der Waals surface area contributed by atoms with E-state index in [0.717, 1.165) is 22.2 Å². The summed E-state index contributed by atoms with van der Waals surface area (Å²) in [6.07, 6.45) is 3.26. The predicted molar refractivity (Wildman–Crippen MR) is 68.7 cm³/mol. The standard InChI is InChI=1S/C14H15NO2/c1-3-17-14(16)9-8-11-10(2)15-13-7-5-4-6-12(11)13/h4-9,15H,3H2,1-2H3/b9-8-. The van der Waals surface area contributed by atoms with Crippen LogP contribution < -0.4 is 0 Å². The number of para-hydroxylation sites is 1. The minimum atomic E-state index is -0.308. The molecule has 0 aliphatic heterocycles. The van der Waals surface area contributed by atoms with Crippen molar-refractivity contribution in [2.75, 3.05) is 6.61 Å². The van der Waals surface area contributed by atoms with E-state index in [0.29, 0.717) is 6.61 Å². The number of hydrogen-bond acceptors (Lipinski definition) is 2. The molecule has 0 unspecified atom stereocenters. The molecule has 1 aromatic heterocycles. The van der Waals surface area contributed by atoms with Crippen LogP contribution >= 0.6 is 0 Å². The van der Waals surface area contributed by atoms with Crippen LogP contribution in [0, 0.1) is 6.92 Å². The van der Waals surface area contributed by atoms with Gasteiger partial charge in [-0.3, -0.25) is 0 Å². The number of aromatic nitrogens is 1. The summed E-state index contributed by atoms with van der Waals surface area (Å²) in [6, 6.07) is 8.02. The molecule has 2 aromatic rings. The SMILES string of the molecule is CCOC(=O)/C=C\c1c(C)[nH]c2ccccc12. The average Bonchev–Trinajstić information content (AvgIpc) is 2.62. The van der Waals surface area contributed by atoms with Crippen molar-refractivity contribution in [2.24, 2.45) is 0 Å². The molecule has 1 heterocycles. The van der Waals surface area contributed by atoms with Crippen LogP contribution in [-0.4, -0.2) is 17.6 Å². The number of aromatic amines is 1. The molecule has 0 amide bonds. The number of H-pyrrole nitrogens is 1. The molecule has 0 saturated carbocycles. The summed E-state index contributed by atoms with van der Waals surface area (Å²) in [6.45, 7) is 4.18. The highest BCUT2D eigenvalue weighted by Gasteiger charge is 2.05. The molecule has 0 spiro atoms. The van der Waals surface area contributed by atoms with E-state index in [2.05, 4.69) is 4.98 Å². The van der Waals surface area contributed by atoms with E-state index in [1.54, 1.807) is 13.0 Å². The number of ether oxygens (including phenoxy) is 1. The predicted octanol–water partition coefficient (Wildman–Crippen LogP) is 3.05. The quantitative estimate of drug-likeness (QED) is 0.649. The zero-order valence-corrected chi connectivity index (χ0v) is 9.99. The number of fused-ring (bicyclic) bond motifs is 1. The molecule has 0 aliphatic rings. The van der Waals surface area contributed by atoms with Crippen molar-refractivity contribution in [2.45, 2.75) is 13.8 Å². The van der Waals surface area contributed by atoms with Gasteiger partial charge in [-0.1, -0.05) is 18.2 Å². The normalized spacial score (nSPS) is 11.2. The molecule has 0 fully saturated rings. The Morgan fingerprint density at radius 1 is 1.41 bits per heavy atom. The highest BCUT2D eigenvalue weighted by molar-refractivity contribution is 5.95. The molecule has 17 heavy (non-hydrogen) atoms. The van der Waals surface area contributed by atoms with Gasteiger partial charge in [-0.15, -0.1) is 0 Å². The monoisotopic (exact) mass is 229 g/mol. The number of aryl methyl sites for hydroxylation is 1. The largest absolute Gasteiger partial charge is 0.463 e. The molecular weight excluding hydrogens is 214 g/mol. The molecule has 0 saturated heterocycles. The smallest absolute Gasteiger partial charge is 0.330 e. The molecule has 0 atom stereocenters. The number of hydrogen-bond donors (Lipinski definition) is 1. The Bertz CT molecular complexity index is 567. The van der Waals surface area contributed by atoms with Gasteiger partial charge in [0.15, 0.2) is 0 Å². The molecule has 0 bridgehead atoms. The first-order valence-corrected chi connectivity index (χ1v) is 5.64. The first kappa shape index (κ1) is 11.5. The van der Waals surface area contributed by atoms with Gasteiger partial charge < -0.3 is 9.72 Å². The maximum absolute atomic E-state index is 11.3. The second-order valence-electron chi connectivity index (χ2n) is 3.79. The fourth-order valence-corrected chi connectivity index (χ4v) is 1.85. The highest BCUT2D eigenvalue weighted by Crippen LogP contribution is 2.22.